The summed E-state index contributed by atoms with van der Waals surface area (Å²) < 4.78 is 0. The minimum atomic E-state index is -1.26. The molecule has 0 aromatic heterocycles. The fraction of sp³-hybridized carbons (Fsp3) is 0.481. The van der Waals surface area contributed by atoms with Crippen LogP contribution in [0, 0.1) is 0 Å². The lowest BCUT2D eigenvalue weighted by Gasteiger charge is -2.21. The molecule has 2 atom stereocenters. The quantitative estimate of drug-likeness (QED) is 0.0555. The van der Waals surface area contributed by atoms with Crippen LogP contribution in [0.25, 0.3) is 0 Å². The lowest BCUT2D eigenvalue weighted by molar-refractivity contribution is -0.137. The summed E-state index contributed by atoms with van der Waals surface area (Å²) in [5.41, 5.74) is 12.0. The molecule has 1 rings (SSSR count). The van der Waals surface area contributed by atoms with Crippen LogP contribution in [0.5, 0.6) is 5.75 Å². The molecule has 19 nitrogen and oxygen atoms in total. The fourth-order valence-corrected chi connectivity index (χ4v) is 3.49. The van der Waals surface area contributed by atoms with Crippen molar-refractivity contribution < 1.29 is 48.6 Å². The third-order valence-corrected chi connectivity index (χ3v) is 5.96. The highest BCUT2D eigenvalue weighted by atomic mass is 16.4. The molecule has 0 unspecified atom stereocenters. The molecule has 0 heterocycles. The summed E-state index contributed by atoms with van der Waals surface area (Å²) in [7, 11) is 0. The Morgan fingerprint density at radius 1 is 0.630 bits per heavy atom. The Morgan fingerprint density at radius 3 is 1.50 bits per heavy atom. The number of hydrogen-bond donors (Lipinski definition) is 11. The molecule has 0 saturated heterocycles. The number of aromatic hydroxyl groups is 1. The lowest BCUT2D eigenvalue weighted by Crippen LogP contribution is -2.53. The van der Waals surface area contributed by atoms with Crippen LogP contribution in [0.4, 0.5) is 0 Å². The van der Waals surface area contributed by atoms with Gasteiger partial charge in [-0.2, -0.15) is 0 Å². The molecule has 0 aliphatic heterocycles. The number of nitrogens with one attached hydrogen (secondary N) is 7. The summed E-state index contributed by atoms with van der Waals surface area (Å²) in [4.78, 5) is 94.9. The highest BCUT2D eigenvalue weighted by Gasteiger charge is 2.24. The summed E-state index contributed by atoms with van der Waals surface area (Å²) in [6.07, 6.45) is 1.69. The van der Waals surface area contributed by atoms with Crippen LogP contribution in [0.15, 0.2) is 24.3 Å². The molecule has 254 valence electrons. The van der Waals surface area contributed by atoms with Crippen molar-refractivity contribution >= 4 is 47.3 Å². The van der Waals surface area contributed by atoms with Gasteiger partial charge in [0.15, 0.2) is 0 Å². The van der Waals surface area contributed by atoms with Crippen LogP contribution < -0.4 is 48.7 Å². The minimum Gasteiger partial charge on any atom is -0.508 e. The Kier molecular flexibility index (Phi) is 18.0. The van der Waals surface area contributed by atoms with Crippen molar-refractivity contribution in [2.45, 2.75) is 37.8 Å². The van der Waals surface area contributed by atoms with E-state index in [-0.39, 0.29) is 12.2 Å². The van der Waals surface area contributed by atoms with Crippen molar-refractivity contribution in [3.63, 3.8) is 0 Å². The van der Waals surface area contributed by atoms with Gasteiger partial charge in [0.1, 0.15) is 18.3 Å². The Hall–Kier alpha value is -5.30. The third kappa shape index (κ3) is 17.7. The second-order valence-corrected chi connectivity index (χ2v) is 9.82. The standard InChI is InChI=1S/C27H41N9O10/c28-8-2-1-3-18(29)26(45)36-19(9-16-4-6-17(37)7-5-16)27(46)35-14-24(42)33-12-22(40)31-10-20(38)30-11-21(39)32-13-23(41)34-15-25(43)44/h4-7,18-19,37H,1-3,8-15,28-29H2,(H,30,38)(H,31,40)(H,32,39)(H,33,42)(H,34,41)(H,35,46)(H,36,45)(H,43,44)/t18-,19-/m0/s1. The van der Waals surface area contributed by atoms with Crippen LogP contribution in [-0.4, -0.2) is 115 Å². The number of phenolic OH excluding ortho intramolecular Hbond substituents is 1. The molecule has 0 bridgehead atoms. The van der Waals surface area contributed by atoms with E-state index >= 15 is 0 Å². The number of rotatable bonds is 21. The summed E-state index contributed by atoms with van der Waals surface area (Å²) in [5.74, 6) is -6.25. The third-order valence-electron chi connectivity index (χ3n) is 5.96. The lowest BCUT2D eigenvalue weighted by atomic mass is 10.0. The first-order valence-corrected chi connectivity index (χ1v) is 14.2. The first-order valence-electron chi connectivity index (χ1n) is 14.2. The molecule has 19 heteroatoms. The topological polar surface area (TPSA) is 313 Å². The second-order valence-electron chi connectivity index (χ2n) is 9.82. The van der Waals surface area contributed by atoms with Crippen molar-refractivity contribution in [3.8, 4) is 5.75 Å². The van der Waals surface area contributed by atoms with Crippen molar-refractivity contribution in [3.05, 3.63) is 29.8 Å². The molecule has 0 saturated carbocycles. The summed E-state index contributed by atoms with van der Waals surface area (Å²) in [5, 5.41) is 33.8. The molecule has 0 radical (unpaired) electrons. The molecule has 46 heavy (non-hydrogen) atoms. The van der Waals surface area contributed by atoms with Crippen molar-refractivity contribution in [2.24, 2.45) is 11.5 Å². The number of benzene rings is 1. The van der Waals surface area contributed by atoms with Crippen molar-refractivity contribution in [1.29, 1.82) is 0 Å². The molecule has 0 fully saturated rings. The van der Waals surface area contributed by atoms with Gasteiger partial charge in [0, 0.05) is 6.42 Å². The number of carbonyl (C=O) groups is 8. The van der Waals surface area contributed by atoms with Crippen LogP contribution in [0.2, 0.25) is 0 Å². The SMILES string of the molecule is NCCCC[C@H](N)C(=O)N[C@@H](Cc1ccc(O)cc1)C(=O)NCC(=O)NCC(=O)NCC(=O)NCC(=O)NCC(=O)NCC(=O)O. The predicted octanol–water partition coefficient (Wildman–Crippen LogP) is -5.34. The van der Waals surface area contributed by atoms with Gasteiger partial charge in [0.2, 0.25) is 41.4 Å². The van der Waals surface area contributed by atoms with Gasteiger partial charge >= 0.3 is 5.97 Å². The van der Waals surface area contributed by atoms with Crippen LogP contribution in [-0.2, 0) is 44.8 Å². The number of unbranched alkanes of at least 4 members (excludes halogenated alkanes) is 1. The average Bonchev–Trinajstić information content (AvgIpc) is 3.02. The van der Waals surface area contributed by atoms with Crippen molar-refractivity contribution in [2.75, 3.05) is 45.8 Å². The van der Waals surface area contributed by atoms with Gasteiger partial charge in [-0.25, -0.2) is 0 Å². The normalized spacial score (nSPS) is 11.6. The van der Waals surface area contributed by atoms with Gasteiger partial charge in [0.05, 0.1) is 38.8 Å². The Balaban J connectivity index is 2.45. The number of carboxylic acids is 1. The van der Waals surface area contributed by atoms with E-state index in [1.165, 1.54) is 12.1 Å². The first-order chi connectivity index (χ1) is 21.8. The maximum absolute atomic E-state index is 12.9. The van der Waals surface area contributed by atoms with E-state index in [0.717, 1.165) is 0 Å². The van der Waals surface area contributed by atoms with E-state index in [1.807, 2.05) is 5.32 Å². The Labute approximate surface area is 264 Å². The smallest absolute Gasteiger partial charge is 0.322 e. The van der Waals surface area contributed by atoms with Gasteiger partial charge in [0.25, 0.3) is 0 Å². The highest BCUT2D eigenvalue weighted by Crippen LogP contribution is 2.12. The van der Waals surface area contributed by atoms with Gasteiger partial charge in [-0.3, -0.25) is 38.4 Å². The summed E-state index contributed by atoms with van der Waals surface area (Å²) in [6, 6.07) is 3.98. The van der Waals surface area contributed by atoms with E-state index in [9.17, 15) is 43.5 Å². The van der Waals surface area contributed by atoms with Crippen molar-refractivity contribution in [1.82, 2.24) is 37.2 Å². The van der Waals surface area contributed by atoms with Crippen LogP contribution >= 0.6 is 0 Å². The van der Waals surface area contributed by atoms with E-state index in [4.69, 9.17) is 16.6 Å². The van der Waals surface area contributed by atoms with E-state index in [1.54, 1.807) is 12.1 Å². The summed E-state index contributed by atoms with van der Waals surface area (Å²) >= 11 is 0. The average molecular weight is 652 g/mol. The first kappa shape index (κ1) is 38.7. The molecule has 0 aliphatic rings. The van der Waals surface area contributed by atoms with Crippen LogP contribution in [0.3, 0.4) is 0 Å². The second kappa shape index (κ2) is 21.4. The zero-order chi connectivity index (χ0) is 34.5. The number of hydrogen-bond acceptors (Lipinski definition) is 11. The number of phenols is 1. The zero-order valence-electron chi connectivity index (χ0n) is 25.1. The number of carbonyl (C=O) groups excluding carboxylic acids is 7. The number of amides is 7. The molecule has 0 aliphatic carbocycles. The molecule has 0 spiro atoms. The van der Waals surface area contributed by atoms with Crippen LogP contribution in [0.1, 0.15) is 24.8 Å². The number of nitrogens with two attached hydrogens (primary N) is 2. The number of carboxylic acid groups (broad SMARTS) is 1. The molecule has 1 aromatic rings. The monoisotopic (exact) mass is 651 g/mol. The van der Waals surface area contributed by atoms with Gasteiger partial charge in [-0.05, 0) is 37.1 Å². The van der Waals surface area contributed by atoms with E-state index < -0.39 is 98.7 Å². The highest BCUT2D eigenvalue weighted by molar-refractivity contribution is 5.94. The van der Waals surface area contributed by atoms with Gasteiger partial charge < -0.3 is 58.9 Å². The zero-order valence-corrected chi connectivity index (χ0v) is 25.1. The maximum atomic E-state index is 12.9. The molecular formula is C27H41N9O10. The maximum Gasteiger partial charge on any atom is 0.322 e. The Bertz CT molecular complexity index is 1230. The van der Waals surface area contributed by atoms with E-state index in [0.29, 0.717) is 31.4 Å². The molecule has 7 amide bonds. The number of aliphatic carboxylic acids is 1. The predicted molar refractivity (Wildman–Crippen MR) is 160 cm³/mol. The van der Waals surface area contributed by atoms with Gasteiger partial charge in [-0.1, -0.05) is 18.6 Å². The van der Waals surface area contributed by atoms with Gasteiger partial charge in [-0.15, -0.1) is 0 Å². The molecule has 13 N–H and O–H groups in total. The van der Waals surface area contributed by atoms with E-state index in [2.05, 4.69) is 31.9 Å². The fourth-order valence-electron chi connectivity index (χ4n) is 3.49. The minimum absolute atomic E-state index is 0.0134. The summed E-state index contributed by atoms with van der Waals surface area (Å²) in [6.45, 7) is -2.81. The molecule has 1 aromatic carbocycles. The largest absolute Gasteiger partial charge is 0.508 e. The molecular weight excluding hydrogens is 610 g/mol. The Morgan fingerprint density at radius 2 is 1.07 bits per heavy atom.